The molecule has 0 amide bonds. The predicted molar refractivity (Wildman–Crippen MR) is 237 cm³/mol. The van der Waals surface area contributed by atoms with Gasteiger partial charge in [-0.2, -0.15) is 0 Å². The first kappa shape index (κ1) is 51.0. The third-order valence-corrected chi connectivity index (χ3v) is 11.9. The van der Waals surface area contributed by atoms with Crippen molar-refractivity contribution in [1.29, 1.82) is 0 Å². The number of rotatable bonds is 30. The Labute approximate surface area is 364 Å². The molecule has 11 nitrogen and oxygen atoms in total. The van der Waals surface area contributed by atoms with Crippen molar-refractivity contribution >= 4 is 29.5 Å². The predicted octanol–water partition coefficient (Wildman–Crippen LogP) is 9.67. The SMILES string of the molecule is C=C(C)C(=O)OCCCc1cc(-c2ccc(C3CCC(CCCCCCC)CC3)cc2CC)ccc1OCC(CC)(COC(=O)C(=O)CCOC)COC(=O)C(=O)CCOC. The molecule has 1 fully saturated rings. The van der Waals surface area contributed by atoms with Gasteiger partial charge < -0.3 is 28.4 Å². The van der Waals surface area contributed by atoms with Crippen LogP contribution >= 0.6 is 0 Å². The van der Waals surface area contributed by atoms with Gasteiger partial charge in [-0.15, -0.1) is 0 Å². The number of carbonyl (C=O) groups is 5. The molecule has 1 saturated carbocycles. The van der Waals surface area contributed by atoms with Crippen LogP contribution in [0.15, 0.2) is 48.6 Å². The molecule has 3 rings (SSSR count). The zero-order valence-corrected chi connectivity index (χ0v) is 37.9. The molecule has 0 bridgehead atoms. The molecular formula is C50H72O11. The number of unbranched alkanes of at least 4 members (excludes halogenated alkanes) is 4. The largest absolute Gasteiger partial charge is 0.492 e. The van der Waals surface area contributed by atoms with E-state index in [1.165, 1.54) is 89.6 Å². The third-order valence-electron chi connectivity index (χ3n) is 11.9. The van der Waals surface area contributed by atoms with E-state index in [0.717, 1.165) is 29.0 Å². The molecule has 0 heterocycles. The maximum absolute atomic E-state index is 12.7. The van der Waals surface area contributed by atoms with Crippen molar-refractivity contribution in [2.24, 2.45) is 11.3 Å². The number of methoxy groups -OCH3 is 2. The van der Waals surface area contributed by atoms with Gasteiger partial charge >= 0.3 is 17.9 Å². The number of hydrogen-bond donors (Lipinski definition) is 0. The molecule has 0 saturated heterocycles. The number of carbonyl (C=O) groups excluding carboxylic acids is 5. The summed E-state index contributed by atoms with van der Waals surface area (Å²) in [6.45, 7) is 11.2. The second kappa shape index (κ2) is 27.6. The number of aryl methyl sites for hydroxylation is 2. The molecule has 2 aromatic carbocycles. The minimum Gasteiger partial charge on any atom is -0.492 e. The molecule has 1 aliphatic carbocycles. The summed E-state index contributed by atoms with van der Waals surface area (Å²) < 4.78 is 32.7. The summed E-state index contributed by atoms with van der Waals surface area (Å²) in [5.74, 6) is -2.05. The first-order valence-electron chi connectivity index (χ1n) is 22.5. The van der Waals surface area contributed by atoms with Gasteiger partial charge in [0.2, 0.25) is 11.6 Å². The van der Waals surface area contributed by atoms with Gasteiger partial charge in [0.1, 0.15) is 25.6 Å². The van der Waals surface area contributed by atoms with E-state index < -0.39 is 34.9 Å². The van der Waals surface area contributed by atoms with Crippen LogP contribution in [0.2, 0.25) is 0 Å². The normalized spacial score (nSPS) is 15.2. The van der Waals surface area contributed by atoms with Crippen molar-refractivity contribution in [3.05, 3.63) is 65.2 Å². The molecule has 2 aromatic rings. The summed E-state index contributed by atoms with van der Waals surface area (Å²) in [4.78, 5) is 62.3. The molecule has 338 valence electrons. The zero-order chi connectivity index (χ0) is 44.6. The highest BCUT2D eigenvalue weighted by atomic mass is 16.6. The van der Waals surface area contributed by atoms with Crippen LogP contribution in [0, 0.1) is 11.3 Å². The Bertz CT molecular complexity index is 1690. The maximum atomic E-state index is 12.7. The van der Waals surface area contributed by atoms with E-state index >= 15 is 0 Å². The van der Waals surface area contributed by atoms with Gasteiger partial charge in [-0.1, -0.05) is 90.1 Å². The van der Waals surface area contributed by atoms with Gasteiger partial charge in [-0.3, -0.25) is 9.59 Å². The average Bonchev–Trinajstić information content (AvgIpc) is 3.28. The molecule has 0 N–H and O–H groups in total. The number of benzene rings is 2. The fourth-order valence-corrected chi connectivity index (χ4v) is 7.75. The van der Waals surface area contributed by atoms with Gasteiger partial charge in [0, 0.05) is 32.6 Å². The van der Waals surface area contributed by atoms with Gasteiger partial charge in [-0.05, 0) is 110 Å². The molecule has 0 atom stereocenters. The summed E-state index contributed by atoms with van der Waals surface area (Å²) in [6.07, 6.45) is 15.1. The Morgan fingerprint density at radius 2 is 1.33 bits per heavy atom. The van der Waals surface area contributed by atoms with Crippen molar-refractivity contribution in [3.8, 4) is 16.9 Å². The monoisotopic (exact) mass is 849 g/mol. The Kier molecular flexibility index (Phi) is 23.0. The lowest BCUT2D eigenvalue weighted by Gasteiger charge is -2.31. The first-order valence-corrected chi connectivity index (χ1v) is 22.5. The maximum Gasteiger partial charge on any atom is 0.374 e. The number of esters is 3. The van der Waals surface area contributed by atoms with E-state index in [1.807, 2.05) is 19.1 Å². The van der Waals surface area contributed by atoms with E-state index in [2.05, 4.69) is 44.7 Å². The Morgan fingerprint density at radius 1 is 0.689 bits per heavy atom. The molecule has 61 heavy (non-hydrogen) atoms. The number of hydrogen-bond acceptors (Lipinski definition) is 11. The van der Waals surface area contributed by atoms with Gasteiger partial charge in [-0.25, -0.2) is 14.4 Å². The van der Waals surface area contributed by atoms with Crippen molar-refractivity contribution in [1.82, 2.24) is 0 Å². The van der Waals surface area contributed by atoms with Crippen LogP contribution in [0.5, 0.6) is 5.75 Å². The van der Waals surface area contributed by atoms with Crippen LogP contribution in [0.25, 0.3) is 11.1 Å². The summed E-state index contributed by atoms with van der Waals surface area (Å²) in [5, 5.41) is 0. The van der Waals surface area contributed by atoms with Gasteiger partial charge in [0.25, 0.3) is 0 Å². The Morgan fingerprint density at radius 3 is 1.90 bits per heavy atom. The lowest BCUT2D eigenvalue weighted by Crippen LogP contribution is -2.41. The van der Waals surface area contributed by atoms with E-state index in [4.69, 9.17) is 28.4 Å². The number of ketones is 2. The van der Waals surface area contributed by atoms with Crippen LogP contribution in [0.1, 0.15) is 140 Å². The van der Waals surface area contributed by atoms with E-state index in [0.29, 0.717) is 36.5 Å². The highest BCUT2D eigenvalue weighted by molar-refractivity contribution is 6.34. The molecule has 0 unspecified atom stereocenters. The second-order valence-electron chi connectivity index (χ2n) is 16.7. The van der Waals surface area contributed by atoms with Gasteiger partial charge in [0.05, 0.1) is 25.2 Å². The Hall–Kier alpha value is -4.35. The molecule has 11 heteroatoms. The molecule has 1 aliphatic rings. The van der Waals surface area contributed by atoms with Gasteiger partial charge in [0.15, 0.2) is 0 Å². The standard InChI is InChI=1S/C50H72O11/c1-8-11-12-13-14-16-37-18-20-39(21-19-37)40-22-24-43(38(9-2)31-40)41-23-25-46(42(32-41)17-15-28-58-47(53)36(4)5)59-33-50(10-3,34-60-48(54)44(51)26-29-56-6)35-61-49(55)45(52)27-30-57-7/h22-25,31-32,37,39H,4,8-21,26-30,33-35H2,1-3,5-7H3. The summed E-state index contributed by atoms with van der Waals surface area (Å²) in [5.41, 5.74) is 4.95. The first-order chi connectivity index (χ1) is 29.4. The minimum atomic E-state index is -1.11. The van der Waals surface area contributed by atoms with Crippen molar-refractivity contribution in [2.45, 2.75) is 136 Å². The fourth-order valence-electron chi connectivity index (χ4n) is 7.75. The smallest absolute Gasteiger partial charge is 0.374 e. The van der Waals surface area contributed by atoms with Crippen LogP contribution in [0.4, 0.5) is 0 Å². The van der Waals surface area contributed by atoms with Crippen LogP contribution in [0.3, 0.4) is 0 Å². The van der Waals surface area contributed by atoms with Crippen molar-refractivity contribution < 1.29 is 52.4 Å². The average molecular weight is 849 g/mol. The third kappa shape index (κ3) is 17.1. The number of Topliss-reactive ketones (excluding diaryl/α,β-unsaturated/α-hetero) is 2. The van der Waals surface area contributed by atoms with Crippen LogP contribution in [-0.4, -0.2) is 83.3 Å². The van der Waals surface area contributed by atoms with Crippen LogP contribution < -0.4 is 4.74 Å². The molecule has 0 radical (unpaired) electrons. The quantitative estimate of drug-likeness (QED) is 0.0244. The topological polar surface area (TPSA) is 141 Å². The summed E-state index contributed by atoms with van der Waals surface area (Å²) >= 11 is 0. The van der Waals surface area contributed by atoms with E-state index in [-0.39, 0.29) is 52.5 Å². The highest BCUT2D eigenvalue weighted by Gasteiger charge is 2.35. The molecule has 0 aromatic heterocycles. The second-order valence-corrected chi connectivity index (χ2v) is 16.7. The Balaban J connectivity index is 1.87. The minimum absolute atomic E-state index is 0.0620. The van der Waals surface area contributed by atoms with Crippen molar-refractivity contribution in [3.63, 3.8) is 0 Å². The summed E-state index contributed by atoms with van der Waals surface area (Å²) in [6, 6.07) is 13.0. The lowest BCUT2D eigenvalue weighted by atomic mass is 9.76. The highest BCUT2D eigenvalue weighted by Crippen LogP contribution is 2.40. The molecule has 0 aliphatic heterocycles. The molecule has 0 spiro atoms. The zero-order valence-electron chi connectivity index (χ0n) is 37.9. The lowest BCUT2D eigenvalue weighted by molar-refractivity contribution is -0.164. The van der Waals surface area contributed by atoms with E-state index in [1.54, 1.807) is 6.92 Å². The summed E-state index contributed by atoms with van der Waals surface area (Å²) in [7, 11) is 2.86. The fraction of sp³-hybridized carbons (Fsp3) is 0.620. The van der Waals surface area contributed by atoms with Crippen LogP contribution in [-0.2, 0) is 60.5 Å². The van der Waals surface area contributed by atoms with Crippen molar-refractivity contribution in [2.75, 3.05) is 53.9 Å². The molecular weight excluding hydrogens is 777 g/mol. The van der Waals surface area contributed by atoms with E-state index in [9.17, 15) is 24.0 Å². The number of ether oxygens (including phenoxy) is 6.